The number of rotatable bonds is 7. The number of halogens is 3. The summed E-state index contributed by atoms with van der Waals surface area (Å²) in [4.78, 5) is 11.3. The molecular weight excluding hydrogens is 431 g/mol. The monoisotopic (exact) mass is 449 g/mol. The van der Waals surface area contributed by atoms with Gasteiger partial charge in [0.25, 0.3) is 0 Å². The van der Waals surface area contributed by atoms with Gasteiger partial charge in [-0.05, 0) is 44.1 Å². The number of alkyl halides is 3. The van der Waals surface area contributed by atoms with Gasteiger partial charge in [-0.3, -0.25) is 14.5 Å². The lowest BCUT2D eigenvalue weighted by atomic mass is 10.2. The number of benzene rings is 1. The van der Waals surface area contributed by atoms with Crippen LogP contribution in [0.2, 0.25) is 0 Å². The van der Waals surface area contributed by atoms with Gasteiger partial charge in [0.15, 0.2) is 10.6 Å². The molecule has 0 radical (unpaired) electrons. The maximum Gasteiger partial charge on any atom is 0.417 e. The number of aromatic nitrogens is 3. The summed E-state index contributed by atoms with van der Waals surface area (Å²) in [5.41, 5.74) is -1.31. The number of hydrogen-bond acceptors (Lipinski definition) is 5. The Labute approximate surface area is 169 Å². The largest absolute Gasteiger partial charge is 0.417 e. The van der Waals surface area contributed by atoms with Crippen molar-refractivity contribution >= 4 is 28.1 Å². The minimum Gasteiger partial charge on any atom is -0.347 e. The van der Waals surface area contributed by atoms with Crippen LogP contribution in [0.25, 0.3) is 0 Å². The quantitative estimate of drug-likeness (QED) is 0.562. The van der Waals surface area contributed by atoms with Crippen molar-refractivity contribution in [2.75, 3.05) is 0 Å². The fraction of sp³-hybridized carbons (Fsp3) is 0.438. The summed E-state index contributed by atoms with van der Waals surface area (Å²) in [6.07, 6.45) is -2.96. The van der Waals surface area contributed by atoms with E-state index in [1.165, 1.54) is 13.0 Å². The molecule has 13 heteroatoms. The van der Waals surface area contributed by atoms with E-state index in [9.17, 15) is 26.4 Å². The van der Waals surface area contributed by atoms with Gasteiger partial charge >= 0.3 is 6.18 Å². The minimum atomic E-state index is -4.85. The summed E-state index contributed by atoms with van der Waals surface area (Å²) in [7, 11) is -4.58. The third-order valence-corrected chi connectivity index (χ3v) is 6.20. The molecule has 1 aliphatic rings. The number of carbonyl (C=O) groups excluding carboxylic acids is 1. The molecule has 1 heterocycles. The maximum absolute atomic E-state index is 13.1. The Kier molecular flexibility index (Phi) is 5.83. The van der Waals surface area contributed by atoms with Gasteiger partial charge in [0.05, 0.1) is 23.0 Å². The normalized spacial score (nSPS) is 15.9. The van der Waals surface area contributed by atoms with E-state index < -0.39 is 38.6 Å². The Morgan fingerprint density at radius 1 is 1.38 bits per heavy atom. The van der Waals surface area contributed by atoms with E-state index in [1.807, 2.05) is 4.72 Å². The second-order valence-corrected chi connectivity index (χ2v) is 8.67. The molecule has 1 aromatic heterocycles. The highest BCUT2D eigenvalue weighted by Gasteiger charge is 2.37. The van der Waals surface area contributed by atoms with Crippen molar-refractivity contribution < 1.29 is 26.4 Å². The highest BCUT2D eigenvalue weighted by Crippen LogP contribution is 2.36. The Morgan fingerprint density at radius 2 is 2.03 bits per heavy atom. The topological polar surface area (TPSA) is 109 Å². The van der Waals surface area contributed by atoms with Crippen molar-refractivity contribution in [1.82, 2.24) is 24.8 Å². The fourth-order valence-corrected chi connectivity index (χ4v) is 4.51. The first-order valence-electron chi connectivity index (χ1n) is 8.63. The number of carbonyl (C=O) groups is 1. The van der Waals surface area contributed by atoms with Crippen LogP contribution in [0, 0.1) is 4.77 Å². The van der Waals surface area contributed by atoms with Crippen LogP contribution in [0.3, 0.4) is 0 Å². The maximum atomic E-state index is 13.1. The van der Waals surface area contributed by atoms with Gasteiger partial charge in [0.2, 0.25) is 15.9 Å². The van der Waals surface area contributed by atoms with E-state index in [2.05, 4.69) is 15.5 Å². The molecule has 0 spiro atoms. The third-order valence-electron chi connectivity index (χ3n) is 4.32. The van der Waals surface area contributed by atoms with Gasteiger partial charge in [-0.1, -0.05) is 12.1 Å². The predicted molar refractivity (Wildman–Crippen MR) is 98.8 cm³/mol. The van der Waals surface area contributed by atoms with E-state index in [-0.39, 0.29) is 12.6 Å². The smallest absolute Gasteiger partial charge is 0.347 e. The van der Waals surface area contributed by atoms with Crippen LogP contribution in [0.15, 0.2) is 29.2 Å². The molecule has 3 rings (SSSR count). The van der Waals surface area contributed by atoms with Crippen molar-refractivity contribution in [3.8, 4) is 0 Å². The molecule has 0 saturated heterocycles. The van der Waals surface area contributed by atoms with Gasteiger partial charge in [0.1, 0.15) is 0 Å². The summed E-state index contributed by atoms with van der Waals surface area (Å²) in [6.45, 7) is 1.23. The van der Waals surface area contributed by atoms with E-state index >= 15 is 0 Å². The minimum absolute atomic E-state index is 0.00627. The average Bonchev–Trinajstić information content (AvgIpc) is 3.41. The van der Waals surface area contributed by atoms with Gasteiger partial charge in [-0.25, -0.2) is 8.42 Å². The average molecular weight is 449 g/mol. The van der Waals surface area contributed by atoms with Crippen LogP contribution in [0.4, 0.5) is 13.2 Å². The van der Waals surface area contributed by atoms with E-state index in [1.54, 1.807) is 4.57 Å². The first kappa shape index (κ1) is 21.5. The lowest BCUT2D eigenvalue weighted by Crippen LogP contribution is -2.45. The lowest BCUT2D eigenvalue weighted by molar-refractivity contribution is -0.139. The van der Waals surface area contributed by atoms with E-state index in [4.69, 9.17) is 12.2 Å². The lowest BCUT2D eigenvalue weighted by Gasteiger charge is -2.17. The number of hydrogen-bond donors (Lipinski definition) is 3. The highest BCUT2D eigenvalue weighted by atomic mass is 32.2. The molecule has 158 valence electrons. The fourth-order valence-electron chi connectivity index (χ4n) is 2.78. The molecule has 1 amide bonds. The zero-order valence-electron chi connectivity index (χ0n) is 15.2. The molecule has 1 fully saturated rings. The first-order chi connectivity index (χ1) is 13.5. The van der Waals surface area contributed by atoms with Crippen LogP contribution in [0.1, 0.15) is 37.2 Å². The van der Waals surface area contributed by atoms with Crippen LogP contribution in [-0.4, -0.2) is 35.1 Å². The van der Waals surface area contributed by atoms with Gasteiger partial charge < -0.3 is 5.32 Å². The highest BCUT2D eigenvalue weighted by molar-refractivity contribution is 7.89. The number of sulfonamides is 1. The van der Waals surface area contributed by atoms with Gasteiger partial charge in [-0.2, -0.15) is 23.0 Å². The zero-order valence-corrected chi connectivity index (χ0v) is 16.8. The number of aromatic amines is 1. The van der Waals surface area contributed by atoms with Gasteiger partial charge in [0, 0.05) is 6.04 Å². The van der Waals surface area contributed by atoms with Crippen LogP contribution >= 0.6 is 12.2 Å². The Balaban J connectivity index is 1.69. The Hall–Kier alpha value is -2.25. The SMILES string of the molecule is C[C@H](NS(=O)(=O)c1ccccc1C(F)(F)F)C(=O)NCc1n[nH]c(=S)n1C1CC1. The van der Waals surface area contributed by atoms with Crippen molar-refractivity contribution in [2.24, 2.45) is 0 Å². The summed E-state index contributed by atoms with van der Waals surface area (Å²) in [6, 6.07) is 2.68. The second-order valence-electron chi connectivity index (χ2n) is 6.60. The van der Waals surface area contributed by atoms with Crippen molar-refractivity contribution in [3.05, 3.63) is 40.4 Å². The molecule has 0 bridgehead atoms. The zero-order chi connectivity index (χ0) is 21.4. The third kappa shape index (κ3) is 4.85. The molecule has 0 unspecified atom stereocenters. The van der Waals surface area contributed by atoms with E-state index in [0.717, 1.165) is 25.0 Å². The molecule has 1 saturated carbocycles. The number of amides is 1. The van der Waals surface area contributed by atoms with Crippen molar-refractivity contribution in [3.63, 3.8) is 0 Å². The molecular formula is C16H18F3N5O3S2. The first-order valence-corrected chi connectivity index (χ1v) is 10.5. The van der Waals surface area contributed by atoms with Gasteiger partial charge in [-0.15, -0.1) is 0 Å². The number of nitrogens with zero attached hydrogens (tertiary/aromatic N) is 2. The molecule has 29 heavy (non-hydrogen) atoms. The number of H-pyrrole nitrogens is 1. The second kappa shape index (κ2) is 7.88. The molecule has 1 aliphatic carbocycles. The molecule has 1 atom stereocenters. The molecule has 0 aliphatic heterocycles. The molecule has 3 N–H and O–H groups in total. The van der Waals surface area contributed by atoms with Crippen molar-refractivity contribution in [2.45, 2.75) is 49.5 Å². The molecule has 8 nitrogen and oxygen atoms in total. The summed E-state index contributed by atoms with van der Waals surface area (Å²) < 4.78 is 68.3. The number of nitrogens with one attached hydrogen (secondary N) is 3. The standard InChI is InChI=1S/C16H18F3N5O3S2/c1-9(14(25)20-8-13-21-22-15(28)24(13)10-6-7-10)23-29(26,27)12-5-3-2-4-11(12)16(17,18)19/h2-5,9-10,23H,6-8H2,1H3,(H,20,25)(H,22,28)/t9-/m0/s1. The summed E-state index contributed by atoms with van der Waals surface area (Å²) >= 11 is 5.14. The summed E-state index contributed by atoms with van der Waals surface area (Å²) in [5.74, 6) is -0.224. The van der Waals surface area contributed by atoms with Crippen molar-refractivity contribution in [1.29, 1.82) is 0 Å². The molecule has 2 aromatic rings. The van der Waals surface area contributed by atoms with Crippen LogP contribution < -0.4 is 10.0 Å². The van der Waals surface area contributed by atoms with Crippen LogP contribution in [0.5, 0.6) is 0 Å². The molecule has 1 aromatic carbocycles. The Bertz CT molecular complexity index is 1070. The Morgan fingerprint density at radius 3 is 2.66 bits per heavy atom. The van der Waals surface area contributed by atoms with Crippen LogP contribution in [-0.2, 0) is 27.5 Å². The summed E-state index contributed by atoms with van der Waals surface area (Å²) in [5, 5.41) is 9.19. The predicted octanol–water partition coefficient (Wildman–Crippen LogP) is 2.28. The van der Waals surface area contributed by atoms with E-state index in [0.29, 0.717) is 16.7 Å².